The lowest BCUT2D eigenvalue weighted by molar-refractivity contribution is -0.0353. The van der Waals surface area contributed by atoms with Crippen LogP contribution in [0.5, 0.6) is 0 Å². The highest BCUT2D eigenvalue weighted by Gasteiger charge is 2.44. The smallest absolute Gasteiger partial charge is 0.0918 e. The fourth-order valence-corrected chi connectivity index (χ4v) is 3.38. The molecule has 2 aromatic carbocycles. The second-order valence-corrected chi connectivity index (χ2v) is 6.23. The van der Waals surface area contributed by atoms with Crippen molar-refractivity contribution < 1.29 is 4.74 Å². The van der Waals surface area contributed by atoms with Gasteiger partial charge in [0, 0.05) is 23.3 Å². The summed E-state index contributed by atoms with van der Waals surface area (Å²) in [7, 11) is 0. The van der Waals surface area contributed by atoms with Gasteiger partial charge in [-0.15, -0.1) is 0 Å². The van der Waals surface area contributed by atoms with Crippen molar-refractivity contribution in [2.75, 3.05) is 11.9 Å². The Kier molecular flexibility index (Phi) is 3.73. The average Bonchev–Trinajstić information content (AvgIpc) is 2.50. The normalized spacial score (nSPS) is 23.2. The number of ether oxygens (including phenoxy) is 1. The molecule has 0 aromatic heterocycles. The van der Waals surface area contributed by atoms with Gasteiger partial charge >= 0.3 is 0 Å². The quantitative estimate of drug-likeness (QED) is 0.858. The van der Waals surface area contributed by atoms with Gasteiger partial charge in [0.25, 0.3) is 0 Å². The molecule has 0 saturated carbocycles. The molecule has 0 amide bonds. The second-order valence-electron chi connectivity index (χ2n) is 6.23. The van der Waals surface area contributed by atoms with Gasteiger partial charge < -0.3 is 10.1 Å². The molecule has 0 fully saturated rings. The Morgan fingerprint density at radius 1 is 1.00 bits per heavy atom. The predicted molar refractivity (Wildman–Crippen MR) is 87.4 cm³/mol. The van der Waals surface area contributed by atoms with E-state index in [0.717, 1.165) is 6.61 Å². The van der Waals surface area contributed by atoms with Gasteiger partial charge in [-0.25, -0.2) is 0 Å². The fraction of sp³-hybridized carbons (Fsp3) is 0.368. The average molecular weight is 281 g/mol. The van der Waals surface area contributed by atoms with Gasteiger partial charge in [-0.3, -0.25) is 0 Å². The third-order valence-corrected chi connectivity index (χ3v) is 4.43. The lowest BCUT2D eigenvalue weighted by atomic mass is 9.70. The minimum absolute atomic E-state index is 0.0221. The van der Waals surface area contributed by atoms with E-state index in [-0.39, 0.29) is 17.6 Å². The van der Waals surface area contributed by atoms with Crippen LogP contribution in [0.25, 0.3) is 0 Å². The van der Waals surface area contributed by atoms with Crippen molar-refractivity contribution in [3.8, 4) is 0 Å². The fourth-order valence-electron chi connectivity index (χ4n) is 3.38. The van der Waals surface area contributed by atoms with E-state index in [1.54, 1.807) is 0 Å². The highest BCUT2D eigenvalue weighted by atomic mass is 16.5. The molecular weight excluding hydrogens is 258 g/mol. The maximum atomic E-state index is 6.14. The SMILES string of the molecule is CCO[C@H]1c2ccccc2N[C@H](c2ccccc2)C1(C)C. The standard InChI is InChI=1S/C19H23NO/c1-4-21-18-15-12-8-9-13-16(15)20-17(19(18,2)3)14-10-6-5-7-11-14/h5-13,17-18,20H,4H2,1-3H3/t17-,18+/m1/s1. The molecule has 1 aliphatic heterocycles. The number of para-hydroxylation sites is 1. The summed E-state index contributed by atoms with van der Waals surface area (Å²) < 4.78 is 6.14. The molecule has 2 aromatic rings. The van der Waals surface area contributed by atoms with Crippen LogP contribution < -0.4 is 5.32 Å². The van der Waals surface area contributed by atoms with E-state index in [1.165, 1.54) is 16.8 Å². The van der Waals surface area contributed by atoms with Crippen LogP contribution >= 0.6 is 0 Å². The maximum Gasteiger partial charge on any atom is 0.0918 e. The number of hydrogen-bond donors (Lipinski definition) is 1. The van der Waals surface area contributed by atoms with Crippen molar-refractivity contribution in [2.24, 2.45) is 5.41 Å². The molecule has 2 atom stereocenters. The molecule has 0 aliphatic carbocycles. The Labute approximate surface area is 127 Å². The van der Waals surface area contributed by atoms with E-state index in [2.05, 4.69) is 80.7 Å². The molecular formula is C19H23NO. The molecule has 0 saturated heterocycles. The summed E-state index contributed by atoms with van der Waals surface area (Å²) in [6.07, 6.45) is 0.102. The van der Waals surface area contributed by atoms with Crippen molar-refractivity contribution in [3.63, 3.8) is 0 Å². The molecule has 1 heterocycles. The van der Waals surface area contributed by atoms with Crippen LogP contribution in [0.15, 0.2) is 54.6 Å². The molecule has 1 aliphatic rings. The van der Waals surface area contributed by atoms with Crippen molar-refractivity contribution in [2.45, 2.75) is 32.9 Å². The lowest BCUT2D eigenvalue weighted by Crippen LogP contribution is -2.39. The van der Waals surface area contributed by atoms with E-state index in [0.29, 0.717) is 0 Å². The van der Waals surface area contributed by atoms with Crippen LogP contribution in [-0.4, -0.2) is 6.61 Å². The number of benzene rings is 2. The third-order valence-electron chi connectivity index (χ3n) is 4.43. The molecule has 1 N–H and O–H groups in total. The molecule has 0 unspecified atom stereocenters. The molecule has 0 bridgehead atoms. The number of rotatable bonds is 3. The van der Waals surface area contributed by atoms with Gasteiger partial charge in [0.15, 0.2) is 0 Å². The van der Waals surface area contributed by atoms with Crippen LogP contribution in [0.1, 0.15) is 44.0 Å². The molecule has 2 heteroatoms. The van der Waals surface area contributed by atoms with Crippen molar-refractivity contribution in [1.29, 1.82) is 0 Å². The van der Waals surface area contributed by atoms with Gasteiger partial charge in [0.1, 0.15) is 0 Å². The summed E-state index contributed by atoms with van der Waals surface area (Å²) in [6.45, 7) is 7.37. The zero-order valence-electron chi connectivity index (χ0n) is 13.0. The monoisotopic (exact) mass is 281 g/mol. The first-order valence-electron chi connectivity index (χ1n) is 7.66. The zero-order chi connectivity index (χ0) is 14.9. The van der Waals surface area contributed by atoms with Gasteiger partial charge in [-0.2, -0.15) is 0 Å². The van der Waals surface area contributed by atoms with Gasteiger partial charge in [-0.1, -0.05) is 62.4 Å². The summed E-state index contributed by atoms with van der Waals surface area (Å²) >= 11 is 0. The van der Waals surface area contributed by atoms with Crippen LogP contribution in [0.2, 0.25) is 0 Å². The van der Waals surface area contributed by atoms with Gasteiger partial charge in [0.2, 0.25) is 0 Å². The van der Waals surface area contributed by atoms with Crippen molar-refractivity contribution in [1.82, 2.24) is 0 Å². The van der Waals surface area contributed by atoms with E-state index in [9.17, 15) is 0 Å². The first kappa shape index (κ1) is 14.2. The number of nitrogens with one attached hydrogen (secondary N) is 1. The molecule has 2 nitrogen and oxygen atoms in total. The van der Waals surface area contributed by atoms with E-state index >= 15 is 0 Å². The summed E-state index contributed by atoms with van der Waals surface area (Å²) in [5, 5.41) is 3.71. The summed E-state index contributed by atoms with van der Waals surface area (Å²) in [4.78, 5) is 0. The topological polar surface area (TPSA) is 21.3 Å². The van der Waals surface area contributed by atoms with Gasteiger partial charge in [0.05, 0.1) is 12.1 Å². The minimum atomic E-state index is -0.0221. The molecule has 3 rings (SSSR count). The highest BCUT2D eigenvalue weighted by molar-refractivity contribution is 5.57. The van der Waals surface area contributed by atoms with Crippen LogP contribution in [0.4, 0.5) is 5.69 Å². The maximum absolute atomic E-state index is 6.14. The van der Waals surface area contributed by atoms with Crippen LogP contribution in [0.3, 0.4) is 0 Å². The number of fused-ring (bicyclic) bond motifs is 1. The largest absolute Gasteiger partial charge is 0.377 e. The predicted octanol–water partition coefficient (Wildman–Crippen LogP) is 4.96. The number of anilines is 1. The van der Waals surface area contributed by atoms with E-state index < -0.39 is 0 Å². The summed E-state index contributed by atoms with van der Waals surface area (Å²) in [5.74, 6) is 0. The summed E-state index contributed by atoms with van der Waals surface area (Å²) in [5.41, 5.74) is 3.73. The Balaban J connectivity index is 2.08. The lowest BCUT2D eigenvalue weighted by Gasteiger charge is -2.46. The Hall–Kier alpha value is -1.80. The Morgan fingerprint density at radius 3 is 2.38 bits per heavy atom. The van der Waals surface area contributed by atoms with Crippen molar-refractivity contribution in [3.05, 3.63) is 65.7 Å². The molecule has 0 radical (unpaired) electrons. The highest BCUT2D eigenvalue weighted by Crippen LogP contribution is 2.52. The molecule has 21 heavy (non-hydrogen) atoms. The summed E-state index contributed by atoms with van der Waals surface area (Å²) in [6, 6.07) is 19.4. The Bertz CT molecular complexity index is 606. The van der Waals surface area contributed by atoms with Crippen molar-refractivity contribution >= 4 is 5.69 Å². The van der Waals surface area contributed by atoms with Crippen LogP contribution in [-0.2, 0) is 4.74 Å². The molecule has 0 spiro atoms. The Morgan fingerprint density at radius 2 is 1.67 bits per heavy atom. The first-order valence-corrected chi connectivity index (χ1v) is 7.66. The first-order chi connectivity index (χ1) is 10.1. The molecule has 110 valence electrons. The second kappa shape index (κ2) is 5.53. The number of hydrogen-bond acceptors (Lipinski definition) is 2. The van der Waals surface area contributed by atoms with Gasteiger partial charge in [-0.05, 0) is 18.6 Å². The minimum Gasteiger partial charge on any atom is -0.377 e. The van der Waals surface area contributed by atoms with Crippen LogP contribution in [0, 0.1) is 5.41 Å². The third kappa shape index (κ3) is 2.44. The zero-order valence-corrected chi connectivity index (χ0v) is 13.0. The van der Waals surface area contributed by atoms with E-state index in [4.69, 9.17) is 4.74 Å². The van der Waals surface area contributed by atoms with E-state index in [1.807, 2.05) is 0 Å².